The number of benzene rings is 3. The summed E-state index contributed by atoms with van der Waals surface area (Å²) in [5, 5.41) is 14.7. The van der Waals surface area contributed by atoms with Crippen molar-refractivity contribution in [2.24, 2.45) is 5.14 Å². The zero-order chi connectivity index (χ0) is 27.4. The Balaban J connectivity index is 1.58. The second-order valence-electron chi connectivity index (χ2n) is 8.78. The van der Waals surface area contributed by atoms with E-state index in [-0.39, 0.29) is 30.2 Å². The third kappa shape index (κ3) is 6.08. The second kappa shape index (κ2) is 11.1. The van der Waals surface area contributed by atoms with Crippen molar-refractivity contribution >= 4 is 45.0 Å². The molecule has 3 amide bonds. The Bertz CT molecular complexity index is 1520. The topological polar surface area (TPSA) is 142 Å². The van der Waals surface area contributed by atoms with Crippen molar-refractivity contribution < 1.29 is 22.8 Å². The van der Waals surface area contributed by atoms with Crippen molar-refractivity contribution in [3.05, 3.63) is 94.5 Å². The number of nitriles is 1. The molecule has 1 aliphatic rings. The van der Waals surface area contributed by atoms with Crippen LogP contribution >= 0.6 is 11.6 Å². The van der Waals surface area contributed by atoms with Crippen LogP contribution in [-0.2, 0) is 37.2 Å². The van der Waals surface area contributed by atoms with E-state index >= 15 is 0 Å². The minimum atomic E-state index is -3.84. The summed E-state index contributed by atoms with van der Waals surface area (Å²) in [5.41, 5.74) is 2.13. The quantitative estimate of drug-likeness (QED) is 0.427. The average Bonchev–Trinajstić information content (AvgIpc) is 3.18. The third-order valence-electron chi connectivity index (χ3n) is 6.24. The molecule has 1 aliphatic heterocycles. The van der Waals surface area contributed by atoms with Gasteiger partial charge in [0.1, 0.15) is 6.04 Å². The Hall–Kier alpha value is -4.04. The van der Waals surface area contributed by atoms with Gasteiger partial charge in [-0.25, -0.2) is 18.5 Å². The van der Waals surface area contributed by atoms with Crippen molar-refractivity contribution in [3.8, 4) is 6.07 Å². The minimum Gasteiger partial charge on any atom is -0.329 e. The summed E-state index contributed by atoms with van der Waals surface area (Å²) in [4.78, 5) is 42.2. The highest BCUT2D eigenvalue weighted by Crippen LogP contribution is 2.27. The van der Waals surface area contributed by atoms with Crippen molar-refractivity contribution in [1.29, 1.82) is 5.26 Å². The number of imide groups is 1. The molecule has 1 atom stereocenters. The predicted octanol–water partition coefficient (Wildman–Crippen LogP) is 2.80. The predicted molar refractivity (Wildman–Crippen MR) is 140 cm³/mol. The monoisotopic (exact) mass is 550 g/mol. The molecule has 9 nitrogen and oxygen atoms in total. The molecule has 0 aliphatic carbocycles. The Morgan fingerprint density at radius 1 is 1.00 bits per heavy atom. The van der Waals surface area contributed by atoms with Gasteiger partial charge in [-0.2, -0.15) is 5.26 Å². The lowest BCUT2D eigenvalue weighted by molar-refractivity contribution is -0.137. The fraction of sp³-hybridized carbons (Fsp3) is 0.185. The lowest BCUT2D eigenvalue weighted by Crippen LogP contribution is -2.47. The van der Waals surface area contributed by atoms with Crippen molar-refractivity contribution in [2.75, 3.05) is 11.4 Å². The fourth-order valence-corrected chi connectivity index (χ4v) is 4.89. The number of hydrogen-bond donors (Lipinski definition) is 1. The summed E-state index contributed by atoms with van der Waals surface area (Å²) in [7, 11) is -3.84. The van der Waals surface area contributed by atoms with E-state index in [0.717, 1.165) is 10.5 Å². The van der Waals surface area contributed by atoms with Crippen molar-refractivity contribution in [1.82, 2.24) is 4.90 Å². The van der Waals surface area contributed by atoms with Crippen molar-refractivity contribution in [2.45, 2.75) is 30.2 Å². The highest BCUT2D eigenvalue weighted by molar-refractivity contribution is 7.89. The summed E-state index contributed by atoms with van der Waals surface area (Å²) in [5.74, 6) is -1.33. The fourth-order valence-electron chi connectivity index (χ4n) is 4.24. The standard InChI is InChI=1S/C27H23ClN4O5S/c28-21-7-1-19(2-8-21)15-25(33)31(14-13-18-5-11-23(12-6-18)38(30,36)37)24-16-26(34)32(27(24)35)22-9-3-20(17-29)4-10-22/h1-12,24H,13-16H2,(H2,30,36,37). The van der Waals surface area contributed by atoms with Crippen LogP contribution in [0.4, 0.5) is 5.69 Å². The van der Waals surface area contributed by atoms with E-state index in [4.69, 9.17) is 22.0 Å². The smallest absolute Gasteiger partial charge is 0.257 e. The summed E-state index contributed by atoms with van der Waals surface area (Å²) < 4.78 is 23.1. The van der Waals surface area contributed by atoms with Crippen LogP contribution < -0.4 is 10.0 Å². The molecule has 3 aromatic carbocycles. The van der Waals surface area contributed by atoms with Gasteiger partial charge in [-0.1, -0.05) is 35.9 Å². The number of nitrogens with two attached hydrogens (primary N) is 1. The number of nitrogens with zero attached hydrogens (tertiary/aromatic N) is 3. The van der Waals surface area contributed by atoms with Gasteiger partial charge in [0.25, 0.3) is 5.91 Å². The van der Waals surface area contributed by atoms with Gasteiger partial charge in [-0.3, -0.25) is 14.4 Å². The molecule has 0 saturated carbocycles. The van der Waals surface area contributed by atoms with Crippen LogP contribution in [0.3, 0.4) is 0 Å². The van der Waals surface area contributed by atoms with E-state index < -0.39 is 27.9 Å². The first-order valence-electron chi connectivity index (χ1n) is 11.6. The van der Waals surface area contributed by atoms with Crippen LogP contribution in [0.1, 0.15) is 23.1 Å². The van der Waals surface area contributed by atoms with Gasteiger partial charge in [-0.15, -0.1) is 0 Å². The molecule has 11 heteroatoms. The van der Waals surface area contributed by atoms with Crippen LogP contribution in [0.5, 0.6) is 0 Å². The van der Waals surface area contributed by atoms with E-state index in [9.17, 15) is 22.8 Å². The first-order valence-corrected chi connectivity index (χ1v) is 13.5. The number of carbonyl (C=O) groups excluding carboxylic acids is 3. The van der Waals surface area contributed by atoms with E-state index in [1.807, 2.05) is 6.07 Å². The number of rotatable bonds is 8. The average molecular weight is 551 g/mol. The highest BCUT2D eigenvalue weighted by Gasteiger charge is 2.44. The number of halogens is 1. The zero-order valence-electron chi connectivity index (χ0n) is 20.1. The first kappa shape index (κ1) is 27.0. The first-order chi connectivity index (χ1) is 18.1. The number of anilines is 1. The maximum absolute atomic E-state index is 13.4. The summed E-state index contributed by atoms with van der Waals surface area (Å²) in [6.07, 6.45) is 0.123. The molecule has 0 spiro atoms. The molecule has 38 heavy (non-hydrogen) atoms. The highest BCUT2D eigenvalue weighted by atomic mass is 35.5. The van der Waals surface area contributed by atoms with Crippen LogP contribution in [0, 0.1) is 11.3 Å². The van der Waals surface area contributed by atoms with Gasteiger partial charge < -0.3 is 4.90 Å². The van der Waals surface area contributed by atoms with Gasteiger partial charge in [-0.05, 0) is 66.1 Å². The van der Waals surface area contributed by atoms with Gasteiger partial charge in [0.05, 0.1) is 35.1 Å². The lowest BCUT2D eigenvalue weighted by Gasteiger charge is -2.28. The maximum atomic E-state index is 13.4. The number of primary sulfonamides is 1. The molecule has 194 valence electrons. The number of hydrogen-bond acceptors (Lipinski definition) is 6. The summed E-state index contributed by atoms with van der Waals surface area (Å²) in [6, 6.07) is 19.7. The number of carbonyl (C=O) groups is 3. The molecule has 0 bridgehead atoms. The van der Waals surface area contributed by atoms with Crippen LogP contribution in [0.25, 0.3) is 0 Å². The largest absolute Gasteiger partial charge is 0.329 e. The van der Waals surface area contributed by atoms with Crippen LogP contribution in [0.2, 0.25) is 5.02 Å². The SMILES string of the molecule is N#Cc1ccc(N2C(=O)CC(N(CCc3ccc(S(N)(=O)=O)cc3)C(=O)Cc3ccc(Cl)cc3)C2=O)cc1. The molecule has 1 fully saturated rings. The Labute approximate surface area is 225 Å². The molecule has 0 aromatic heterocycles. The Morgan fingerprint density at radius 3 is 2.18 bits per heavy atom. The summed E-state index contributed by atoms with van der Waals surface area (Å²) in [6.45, 7) is 0.117. The zero-order valence-corrected chi connectivity index (χ0v) is 21.7. The number of sulfonamides is 1. The molecule has 1 saturated heterocycles. The van der Waals surface area contributed by atoms with E-state index in [1.54, 1.807) is 36.4 Å². The van der Waals surface area contributed by atoms with E-state index in [0.29, 0.717) is 28.3 Å². The molecular formula is C27H23ClN4O5S. The van der Waals surface area contributed by atoms with Gasteiger partial charge in [0, 0.05) is 11.6 Å². The third-order valence-corrected chi connectivity index (χ3v) is 7.42. The molecule has 3 aromatic rings. The van der Waals surface area contributed by atoms with Gasteiger partial charge in [0.2, 0.25) is 21.8 Å². The van der Waals surface area contributed by atoms with Gasteiger partial charge >= 0.3 is 0 Å². The molecule has 1 unspecified atom stereocenters. The maximum Gasteiger partial charge on any atom is 0.257 e. The molecular weight excluding hydrogens is 528 g/mol. The van der Waals surface area contributed by atoms with E-state index in [1.165, 1.54) is 41.3 Å². The molecule has 4 rings (SSSR count). The summed E-state index contributed by atoms with van der Waals surface area (Å²) >= 11 is 5.95. The molecule has 2 N–H and O–H groups in total. The number of amides is 3. The van der Waals surface area contributed by atoms with Crippen LogP contribution in [-0.4, -0.2) is 43.6 Å². The minimum absolute atomic E-state index is 0.00361. The van der Waals surface area contributed by atoms with Crippen molar-refractivity contribution in [3.63, 3.8) is 0 Å². The van der Waals surface area contributed by atoms with E-state index in [2.05, 4.69) is 0 Å². The lowest BCUT2D eigenvalue weighted by atomic mass is 10.1. The normalized spacial score (nSPS) is 15.4. The van der Waals surface area contributed by atoms with Crippen LogP contribution in [0.15, 0.2) is 77.7 Å². The second-order valence-corrected chi connectivity index (χ2v) is 10.8. The molecule has 1 heterocycles. The Kier molecular flexibility index (Phi) is 7.92. The Morgan fingerprint density at radius 2 is 1.61 bits per heavy atom. The molecule has 0 radical (unpaired) electrons. The van der Waals surface area contributed by atoms with Gasteiger partial charge in [0.15, 0.2) is 0 Å².